The summed E-state index contributed by atoms with van der Waals surface area (Å²) >= 11 is 3.56. The van der Waals surface area contributed by atoms with E-state index in [2.05, 4.69) is 144 Å². The number of aromatic nitrogens is 1. The average molecular weight is 504 g/mol. The molecule has 0 amide bonds. The SMILES string of the molecule is CC(C)(C)c1ccc2c(c1)c1cc(-c3ccc(Br)cc3)ccc1n2-c1ccc2ccccc2c1. The van der Waals surface area contributed by atoms with Gasteiger partial charge in [-0.3, -0.25) is 0 Å². The van der Waals surface area contributed by atoms with Crippen LogP contribution in [0.1, 0.15) is 26.3 Å². The van der Waals surface area contributed by atoms with Crippen LogP contribution < -0.4 is 0 Å². The van der Waals surface area contributed by atoms with Gasteiger partial charge in [0, 0.05) is 20.9 Å². The molecule has 166 valence electrons. The lowest BCUT2D eigenvalue weighted by molar-refractivity contribution is 0.591. The van der Waals surface area contributed by atoms with Crippen molar-refractivity contribution >= 4 is 48.5 Å². The van der Waals surface area contributed by atoms with Crippen molar-refractivity contribution in [3.8, 4) is 16.8 Å². The Morgan fingerprint density at radius 2 is 1.24 bits per heavy atom. The van der Waals surface area contributed by atoms with E-state index < -0.39 is 0 Å². The maximum absolute atomic E-state index is 3.56. The number of benzene rings is 5. The fourth-order valence-electron chi connectivity index (χ4n) is 4.91. The first-order chi connectivity index (χ1) is 16.4. The van der Waals surface area contributed by atoms with Gasteiger partial charge in [0.2, 0.25) is 0 Å². The predicted octanol–water partition coefficient (Wildman–Crippen LogP) is 9.66. The summed E-state index contributed by atoms with van der Waals surface area (Å²) in [6.07, 6.45) is 0. The maximum atomic E-state index is 3.56. The summed E-state index contributed by atoms with van der Waals surface area (Å²) in [7, 11) is 0. The van der Waals surface area contributed by atoms with E-state index in [-0.39, 0.29) is 5.41 Å². The van der Waals surface area contributed by atoms with E-state index in [0.717, 1.165) is 4.47 Å². The van der Waals surface area contributed by atoms with Gasteiger partial charge in [0.1, 0.15) is 0 Å². The van der Waals surface area contributed by atoms with Gasteiger partial charge >= 0.3 is 0 Å². The molecule has 0 aliphatic heterocycles. The van der Waals surface area contributed by atoms with Crippen LogP contribution >= 0.6 is 15.9 Å². The number of rotatable bonds is 2. The fraction of sp³-hybridized carbons (Fsp3) is 0.125. The monoisotopic (exact) mass is 503 g/mol. The van der Waals surface area contributed by atoms with E-state index in [9.17, 15) is 0 Å². The lowest BCUT2D eigenvalue weighted by Gasteiger charge is -2.19. The summed E-state index contributed by atoms with van der Waals surface area (Å²) in [6.45, 7) is 6.85. The van der Waals surface area contributed by atoms with Crippen molar-refractivity contribution in [3.05, 3.63) is 113 Å². The highest BCUT2D eigenvalue weighted by atomic mass is 79.9. The number of nitrogens with zero attached hydrogens (tertiary/aromatic N) is 1. The van der Waals surface area contributed by atoms with Crippen LogP contribution in [0.15, 0.2) is 108 Å². The topological polar surface area (TPSA) is 4.93 Å². The number of fused-ring (bicyclic) bond motifs is 4. The normalized spacial score (nSPS) is 12.1. The Morgan fingerprint density at radius 1 is 0.588 bits per heavy atom. The smallest absolute Gasteiger partial charge is 0.0541 e. The molecule has 5 aromatic carbocycles. The van der Waals surface area contributed by atoms with Crippen LogP contribution in [0.5, 0.6) is 0 Å². The molecule has 0 atom stereocenters. The molecule has 0 aliphatic rings. The maximum Gasteiger partial charge on any atom is 0.0541 e. The minimum atomic E-state index is 0.0921. The molecule has 0 bridgehead atoms. The van der Waals surface area contributed by atoms with E-state index in [4.69, 9.17) is 0 Å². The van der Waals surface area contributed by atoms with Crippen LogP contribution in [0.3, 0.4) is 0 Å². The predicted molar refractivity (Wildman–Crippen MR) is 150 cm³/mol. The van der Waals surface area contributed by atoms with Crippen molar-refractivity contribution in [2.75, 3.05) is 0 Å². The first-order valence-corrected chi connectivity index (χ1v) is 12.5. The summed E-state index contributed by atoms with van der Waals surface area (Å²) in [6, 6.07) is 37.7. The van der Waals surface area contributed by atoms with E-state index in [1.54, 1.807) is 0 Å². The summed E-state index contributed by atoms with van der Waals surface area (Å²) in [5, 5.41) is 5.11. The quantitative estimate of drug-likeness (QED) is 0.221. The van der Waals surface area contributed by atoms with Gasteiger partial charge in [-0.2, -0.15) is 0 Å². The Morgan fingerprint density at radius 3 is 1.97 bits per heavy atom. The number of hydrogen-bond donors (Lipinski definition) is 0. The Kier molecular flexibility index (Phi) is 4.89. The molecule has 0 fully saturated rings. The minimum Gasteiger partial charge on any atom is -0.309 e. The molecular weight excluding hydrogens is 478 g/mol. The summed E-state index contributed by atoms with van der Waals surface area (Å²) < 4.78 is 3.51. The van der Waals surface area contributed by atoms with Crippen molar-refractivity contribution in [2.24, 2.45) is 0 Å². The first-order valence-electron chi connectivity index (χ1n) is 11.7. The molecule has 2 heteroatoms. The largest absolute Gasteiger partial charge is 0.309 e. The average Bonchev–Trinajstić information content (AvgIpc) is 3.17. The van der Waals surface area contributed by atoms with E-state index in [1.165, 1.54) is 55.0 Å². The molecule has 0 radical (unpaired) electrons. The zero-order valence-electron chi connectivity index (χ0n) is 19.6. The zero-order chi connectivity index (χ0) is 23.4. The Bertz CT molecular complexity index is 1680. The minimum absolute atomic E-state index is 0.0921. The number of hydrogen-bond acceptors (Lipinski definition) is 0. The highest BCUT2D eigenvalue weighted by Gasteiger charge is 2.18. The summed E-state index contributed by atoms with van der Waals surface area (Å²) in [5.41, 5.74) is 7.57. The Hall–Kier alpha value is -3.36. The lowest BCUT2D eigenvalue weighted by Crippen LogP contribution is -2.10. The fourth-order valence-corrected chi connectivity index (χ4v) is 5.17. The molecule has 1 nitrogen and oxygen atoms in total. The van der Waals surface area contributed by atoms with Crippen molar-refractivity contribution < 1.29 is 0 Å². The van der Waals surface area contributed by atoms with Gasteiger partial charge in [-0.05, 0) is 81.4 Å². The molecule has 1 aromatic heterocycles. The molecule has 0 saturated carbocycles. The summed E-state index contributed by atoms with van der Waals surface area (Å²) in [4.78, 5) is 0. The van der Waals surface area contributed by atoms with Crippen molar-refractivity contribution in [1.29, 1.82) is 0 Å². The van der Waals surface area contributed by atoms with Crippen LogP contribution in [0.25, 0.3) is 49.4 Å². The Labute approximate surface area is 208 Å². The van der Waals surface area contributed by atoms with Gasteiger partial charge in [0.15, 0.2) is 0 Å². The van der Waals surface area contributed by atoms with Crippen LogP contribution in [0.4, 0.5) is 0 Å². The van der Waals surface area contributed by atoms with Crippen molar-refractivity contribution in [3.63, 3.8) is 0 Å². The third kappa shape index (κ3) is 3.54. The lowest BCUT2D eigenvalue weighted by atomic mass is 9.86. The van der Waals surface area contributed by atoms with E-state index in [0.29, 0.717) is 0 Å². The van der Waals surface area contributed by atoms with Crippen LogP contribution in [-0.4, -0.2) is 4.57 Å². The third-order valence-corrected chi connectivity index (χ3v) is 7.33. The highest BCUT2D eigenvalue weighted by Crippen LogP contribution is 2.38. The highest BCUT2D eigenvalue weighted by molar-refractivity contribution is 9.10. The second kappa shape index (κ2) is 7.85. The second-order valence-corrected chi connectivity index (χ2v) is 11.0. The van der Waals surface area contributed by atoms with Crippen molar-refractivity contribution in [2.45, 2.75) is 26.2 Å². The summed E-state index contributed by atoms with van der Waals surface area (Å²) in [5.74, 6) is 0. The molecule has 0 unspecified atom stereocenters. The number of halogens is 1. The standard InChI is InChI=1S/C32H26BrN/c1-32(2,3)25-12-17-31-29(20-25)28-19-24(22-8-13-26(33)14-9-22)11-16-30(28)34(31)27-15-10-21-6-4-5-7-23(21)18-27/h4-20H,1-3H3. The van der Waals surface area contributed by atoms with Crippen molar-refractivity contribution in [1.82, 2.24) is 4.57 Å². The molecule has 0 aliphatic carbocycles. The third-order valence-electron chi connectivity index (χ3n) is 6.80. The zero-order valence-corrected chi connectivity index (χ0v) is 21.2. The van der Waals surface area contributed by atoms with Crippen LogP contribution in [0, 0.1) is 0 Å². The second-order valence-electron chi connectivity index (χ2n) is 10.1. The Balaban J connectivity index is 1.66. The molecule has 6 rings (SSSR count). The van der Waals surface area contributed by atoms with Gasteiger partial charge in [-0.25, -0.2) is 0 Å². The van der Waals surface area contributed by atoms with Gasteiger partial charge < -0.3 is 4.57 Å². The van der Waals surface area contributed by atoms with Gasteiger partial charge in [0.25, 0.3) is 0 Å². The molecule has 6 aromatic rings. The molecule has 34 heavy (non-hydrogen) atoms. The van der Waals surface area contributed by atoms with E-state index >= 15 is 0 Å². The molecule has 1 heterocycles. The van der Waals surface area contributed by atoms with Crippen LogP contribution in [0.2, 0.25) is 0 Å². The van der Waals surface area contributed by atoms with Gasteiger partial charge in [-0.15, -0.1) is 0 Å². The molecular formula is C32H26BrN. The molecule has 0 saturated heterocycles. The van der Waals surface area contributed by atoms with Crippen LogP contribution in [-0.2, 0) is 5.41 Å². The van der Waals surface area contributed by atoms with Gasteiger partial charge in [0.05, 0.1) is 11.0 Å². The molecule has 0 N–H and O–H groups in total. The first kappa shape index (κ1) is 21.2. The molecule has 0 spiro atoms. The van der Waals surface area contributed by atoms with Gasteiger partial charge in [-0.1, -0.05) is 91.3 Å². The van der Waals surface area contributed by atoms with E-state index in [1.807, 2.05) is 0 Å².